The largest absolute Gasteiger partial charge is 0.488 e. The third kappa shape index (κ3) is 3.53. The van der Waals surface area contributed by atoms with E-state index in [0.29, 0.717) is 22.4 Å². The Morgan fingerprint density at radius 3 is 2.90 bits per heavy atom. The van der Waals surface area contributed by atoms with Crippen LogP contribution in [0.4, 0.5) is 10.1 Å². The first kappa shape index (κ1) is 17.7. The average Bonchev–Trinajstić information content (AvgIpc) is 3.08. The van der Waals surface area contributed by atoms with E-state index in [1.807, 2.05) is 0 Å². The maximum Gasteiger partial charge on any atom is 0.255 e. The van der Waals surface area contributed by atoms with E-state index in [9.17, 15) is 18.8 Å². The maximum atomic E-state index is 14.1. The number of anilines is 1. The summed E-state index contributed by atoms with van der Waals surface area (Å²) in [6, 6.07) is 7.63. The van der Waals surface area contributed by atoms with Gasteiger partial charge in [0.2, 0.25) is 11.8 Å². The zero-order valence-corrected chi connectivity index (χ0v) is 15.8. The molecule has 2 aromatic rings. The van der Waals surface area contributed by atoms with Crippen molar-refractivity contribution in [2.75, 3.05) is 12.4 Å². The van der Waals surface area contributed by atoms with Gasteiger partial charge in [-0.3, -0.25) is 19.7 Å². The van der Waals surface area contributed by atoms with Crippen molar-refractivity contribution in [1.82, 2.24) is 10.2 Å². The SMILES string of the molecule is [2H][C@]1(N2Cc3c(OCc4cc(NC)ccc4F)cccc3C2=O)CCC(=O)NC1=O. The second kappa shape index (κ2) is 7.54. The number of hydrogen-bond acceptors (Lipinski definition) is 5. The van der Waals surface area contributed by atoms with Crippen LogP contribution < -0.4 is 15.4 Å². The van der Waals surface area contributed by atoms with Gasteiger partial charge in [0.25, 0.3) is 5.91 Å². The van der Waals surface area contributed by atoms with Gasteiger partial charge in [0.15, 0.2) is 0 Å². The van der Waals surface area contributed by atoms with Crippen molar-refractivity contribution in [1.29, 1.82) is 0 Å². The monoisotopic (exact) mass is 398 g/mol. The number of hydrogen-bond donors (Lipinski definition) is 2. The molecular weight excluding hydrogens is 377 g/mol. The fourth-order valence-corrected chi connectivity index (χ4v) is 3.52. The van der Waals surface area contributed by atoms with Gasteiger partial charge in [-0.15, -0.1) is 0 Å². The van der Waals surface area contributed by atoms with Crippen LogP contribution in [0, 0.1) is 5.82 Å². The third-order valence-electron chi connectivity index (χ3n) is 5.07. The van der Waals surface area contributed by atoms with E-state index in [4.69, 9.17) is 6.11 Å². The number of imide groups is 1. The Morgan fingerprint density at radius 2 is 2.14 bits per heavy atom. The Morgan fingerprint density at radius 1 is 1.31 bits per heavy atom. The second-order valence-electron chi connectivity index (χ2n) is 6.84. The van der Waals surface area contributed by atoms with Gasteiger partial charge in [0, 0.05) is 35.8 Å². The molecule has 150 valence electrons. The highest BCUT2D eigenvalue weighted by Crippen LogP contribution is 2.34. The number of nitrogens with one attached hydrogen (secondary N) is 2. The number of fused-ring (bicyclic) bond motifs is 1. The van der Waals surface area contributed by atoms with Gasteiger partial charge in [-0.05, 0) is 36.8 Å². The number of ether oxygens (including phenoxy) is 1. The number of piperidine rings is 1. The van der Waals surface area contributed by atoms with Crippen molar-refractivity contribution < 1.29 is 24.9 Å². The number of halogens is 1. The minimum atomic E-state index is -1.87. The van der Waals surface area contributed by atoms with E-state index in [0.717, 1.165) is 10.6 Å². The first-order valence-corrected chi connectivity index (χ1v) is 9.20. The molecule has 0 unspecified atom stereocenters. The van der Waals surface area contributed by atoms with E-state index in [1.165, 1.54) is 6.07 Å². The molecule has 0 aromatic heterocycles. The van der Waals surface area contributed by atoms with Gasteiger partial charge in [0.1, 0.15) is 24.2 Å². The first-order valence-electron chi connectivity index (χ1n) is 9.70. The fraction of sp³-hybridized carbons (Fsp3) is 0.286. The van der Waals surface area contributed by atoms with Crippen molar-refractivity contribution in [3.05, 3.63) is 58.9 Å². The Bertz CT molecular complexity index is 1060. The minimum Gasteiger partial charge on any atom is -0.488 e. The zero-order chi connectivity index (χ0) is 21.5. The summed E-state index contributed by atoms with van der Waals surface area (Å²) in [7, 11) is 1.73. The lowest BCUT2D eigenvalue weighted by Gasteiger charge is -2.29. The fourth-order valence-electron chi connectivity index (χ4n) is 3.52. The van der Waals surface area contributed by atoms with Crippen LogP contribution in [0.25, 0.3) is 0 Å². The van der Waals surface area contributed by atoms with Gasteiger partial charge >= 0.3 is 0 Å². The van der Waals surface area contributed by atoms with Crippen molar-refractivity contribution in [3.8, 4) is 5.75 Å². The highest BCUT2D eigenvalue weighted by molar-refractivity contribution is 6.05. The number of carbonyl (C=O) groups is 3. The van der Waals surface area contributed by atoms with Gasteiger partial charge in [0.05, 0.1) is 7.92 Å². The summed E-state index contributed by atoms with van der Waals surface area (Å²) in [6.45, 7) is -0.0541. The van der Waals surface area contributed by atoms with Gasteiger partial charge < -0.3 is 15.0 Å². The van der Waals surface area contributed by atoms with Crippen LogP contribution in [0.15, 0.2) is 36.4 Å². The second-order valence-corrected chi connectivity index (χ2v) is 6.84. The summed E-state index contributed by atoms with van der Waals surface area (Å²) >= 11 is 0. The van der Waals surface area contributed by atoms with E-state index in [2.05, 4.69) is 10.6 Å². The lowest BCUT2D eigenvalue weighted by Crippen LogP contribution is -2.52. The topological polar surface area (TPSA) is 87.7 Å². The van der Waals surface area contributed by atoms with Crippen LogP contribution in [-0.4, -0.2) is 35.7 Å². The molecule has 1 atom stereocenters. The van der Waals surface area contributed by atoms with Crippen molar-refractivity contribution in [2.45, 2.75) is 32.0 Å². The predicted molar refractivity (Wildman–Crippen MR) is 103 cm³/mol. The maximum absolute atomic E-state index is 14.1. The molecule has 2 aliphatic heterocycles. The van der Waals surface area contributed by atoms with Gasteiger partial charge in [-0.25, -0.2) is 4.39 Å². The summed E-state index contributed by atoms with van der Waals surface area (Å²) in [5.41, 5.74) is 1.95. The average molecular weight is 398 g/mol. The van der Waals surface area contributed by atoms with E-state index >= 15 is 0 Å². The van der Waals surface area contributed by atoms with Crippen LogP contribution >= 0.6 is 0 Å². The standard InChI is InChI=1S/C21H20FN3O4/c1-23-13-5-6-16(22)12(9-13)11-29-18-4-2-3-14-15(18)10-25(21(14)28)17-7-8-19(26)24-20(17)27/h2-6,9,17,23H,7-8,10-11H2,1H3,(H,24,26,27)/t17-/m0/s1/i17D. The Labute approximate surface area is 168 Å². The van der Waals surface area contributed by atoms with E-state index in [-0.39, 0.29) is 26.0 Å². The molecular formula is C21H20FN3O4. The minimum absolute atomic E-state index is 0.00547. The Kier molecular flexibility index (Phi) is 4.59. The quantitative estimate of drug-likeness (QED) is 0.754. The molecule has 0 bridgehead atoms. The molecule has 1 saturated heterocycles. The summed E-state index contributed by atoms with van der Waals surface area (Å²) in [5, 5.41) is 5.07. The number of benzene rings is 2. The lowest BCUT2D eigenvalue weighted by atomic mass is 10.0. The van der Waals surface area contributed by atoms with Gasteiger partial charge in [-0.1, -0.05) is 6.07 Å². The van der Waals surface area contributed by atoms with Crippen molar-refractivity contribution >= 4 is 23.4 Å². The molecule has 8 heteroatoms. The molecule has 2 aliphatic rings. The molecule has 1 fully saturated rings. The molecule has 3 amide bonds. The molecule has 29 heavy (non-hydrogen) atoms. The Balaban J connectivity index is 1.58. The number of rotatable bonds is 5. The first-order chi connectivity index (χ1) is 14.3. The summed E-state index contributed by atoms with van der Waals surface area (Å²) < 4.78 is 28.5. The number of carbonyl (C=O) groups excluding carboxylic acids is 3. The highest BCUT2D eigenvalue weighted by atomic mass is 19.1. The number of amides is 3. The Hall–Kier alpha value is -3.42. The van der Waals surface area contributed by atoms with Gasteiger partial charge in [-0.2, -0.15) is 0 Å². The molecule has 0 radical (unpaired) electrons. The molecule has 0 saturated carbocycles. The third-order valence-corrected chi connectivity index (χ3v) is 5.07. The van der Waals surface area contributed by atoms with Crippen LogP contribution in [0.3, 0.4) is 0 Å². The van der Waals surface area contributed by atoms with Crippen LogP contribution in [-0.2, 0) is 22.7 Å². The molecule has 0 aliphatic carbocycles. The predicted octanol–water partition coefficient (Wildman–Crippen LogP) is 2.21. The smallest absolute Gasteiger partial charge is 0.255 e. The van der Waals surface area contributed by atoms with Crippen molar-refractivity contribution in [3.63, 3.8) is 0 Å². The van der Waals surface area contributed by atoms with Crippen LogP contribution in [0.1, 0.15) is 35.7 Å². The molecule has 2 aromatic carbocycles. The highest BCUT2D eigenvalue weighted by Gasteiger charge is 2.40. The zero-order valence-electron chi connectivity index (χ0n) is 16.8. The van der Waals surface area contributed by atoms with E-state index < -0.39 is 29.6 Å². The van der Waals surface area contributed by atoms with Crippen LogP contribution in [0.5, 0.6) is 5.75 Å². The van der Waals surface area contributed by atoms with E-state index in [1.54, 1.807) is 37.4 Å². The molecule has 2 heterocycles. The normalized spacial score (nSPS) is 21.5. The van der Waals surface area contributed by atoms with Crippen LogP contribution in [0.2, 0.25) is 0 Å². The summed E-state index contributed by atoms with van der Waals surface area (Å²) in [5.74, 6) is -1.77. The molecule has 7 nitrogen and oxygen atoms in total. The lowest BCUT2D eigenvalue weighted by molar-refractivity contribution is -0.136. The van der Waals surface area contributed by atoms with Crippen molar-refractivity contribution in [2.24, 2.45) is 0 Å². The molecule has 0 spiro atoms. The molecule has 4 rings (SSSR count). The summed E-state index contributed by atoms with van der Waals surface area (Å²) in [4.78, 5) is 37.8. The summed E-state index contributed by atoms with van der Waals surface area (Å²) in [6.07, 6.45) is -0.0879. The molecule has 2 N–H and O–H groups in total. The number of nitrogens with zero attached hydrogens (tertiary/aromatic N) is 1.